The van der Waals surface area contributed by atoms with Crippen molar-refractivity contribution >= 4 is 11.6 Å². The molecule has 0 aliphatic rings. The van der Waals surface area contributed by atoms with Crippen LogP contribution >= 0.6 is 11.6 Å². The third-order valence-electron chi connectivity index (χ3n) is 3.34. The molecular formula is C17H18ClF2N. The molecule has 0 fully saturated rings. The molecule has 1 nitrogen and oxygen atoms in total. The van der Waals surface area contributed by atoms with E-state index < -0.39 is 11.6 Å². The second-order valence-corrected chi connectivity index (χ2v) is 5.87. The summed E-state index contributed by atoms with van der Waals surface area (Å²) in [6, 6.07) is 11.3. The third kappa shape index (κ3) is 4.51. The average Bonchev–Trinajstić information content (AvgIpc) is 2.39. The van der Waals surface area contributed by atoms with E-state index >= 15 is 0 Å². The lowest BCUT2D eigenvalue weighted by atomic mass is 9.96. The maximum atomic E-state index is 13.2. The van der Waals surface area contributed by atoms with Gasteiger partial charge in [0.1, 0.15) is 11.6 Å². The summed E-state index contributed by atoms with van der Waals surface area (Å²) >= 11 is 5.90. The lowest BCUT2D eigenvalue weighted by Gasteiger charge is -2.23. The van der Waals surface area contributed by atoms with Gasteiger partial charge in [-0.15, -0.1) is 0 Å². The molecular weight excluding hydrogens is 292 g/mol. The summed E-state index contributed by atoms with van der Waals surface area (Å²) in [6.45, 7) is 4.59. The second kappa shape index (κ2) is 7.01. The fourth-order valence-corrected chi connectivity index (χ4v) is 2.48. The van der Waals surface area contributed by atoms with Gasteiger partial charge in [0.15, 0.2) is 0 Å². The number of hydrogen-bond donors (Lipinski definition) is 1. The molecule has 21 heavy (non-hydrogen) atoms. The van der Waals surface area contributed by atoms with E-state index in [4.69, 9.17) is 11.6 Å². The van der Waals surface area contributed by atoms with Gasteiger partial charge in [0.05, 0.1) is 0 Å². The van der Waals surface area contributed by atoms with E-state index in [2.05, 4.69) is 19.2 Å². The van der Waals surface area contributed by atoms with Crippen LogP contribution in [0.4, 0.5) is 8.78 Å². The van der Waals surface area contributed by atoms with Crippen LogP contribution in [0.15, 0.2) is 42.5 Å². The van der Waals surface area contributed by atoms with Gasteiger partial charge in [0.2, 0.25) is 0 Å². The monoisotopic (exact) mass is 309 g/mol. The lowest BCUT2D eigenvalue weighted by Crippen LogP contribution is -2.25. The van der Waals surface area contributed by atoms with Crippen LogP contribution in [-0.4, -0.2) is 0 Å². The molecule has 112 valence electrons. The summed E-state index contributed by atoms with van der Waals surface area (Å²) in [5, 5.41) is 4.04. The van der Waals surface area contributed by atoms with Gasteiger partial charge in [0, 0.05) is 23.7 Å². The molecule has 0 aliphatic heterocycles. The smallest absolute Gasteiger partial charge is 0.126 e. The molecule has 0 aliphatic carbocycles. The molecule has 2 aromatic rings. The Balaban J connectivity index is 2.11. The number of benzene rings is 2. The Labute approximate surface area is 128 Å². The minimum Gasteiger partial charge on any atom is -0.306 e. The van der Waals surface area contributed by atoms with E-state index in [1.54, 1.807) is 0 Å². The molecule has 0 radical (unpaired) electrons. The standard InChI is InChI=1S/C17H18ClF2N/c1-11(2)17(13-3-5-14(18)6-4-13)21-10-12-7-15(19)9-16(20)8-12/h3-9,11,17,21H,10H2,1-2H3. The van der Waals surface area contributed by atoms with Gasteiger partial charge in [-0.1, -0.05) is 37.6 Å². The highest BCUT2D eigenvalue weighted by Gasteiger charge is 2.15. The zero-order chi connectivity index (χ0) is 15.4. The van der Waals surface area contributed by atoms with Gasteiger partial charge in [-0.05, 0) is 41.3 Å². The van der Waals surface area contributed by atoms with E-state index in [0.717, 1.165) is 11.6 Å². The van der Waals surface area contributed by atoms with Crippen LogP contribution in [0.2, 0.25) is 5.02 Å². The molecule has 2 aromatic carbocycles. The molecule has 0 bridgehead atoms. The third-order valence-corrected chi connectivity index (χ3v) is 3.60. The van der Waals surface area contributed by atoms with Gasteiger partial charge in [-0.3, -0.25) is 0 Å². The van der Waals surface area contributed by atoms with Crippen molar-refractivity contribution in [1.82, 2.24) is 5.32 Å². The fraction of sp³-hybridized carbons (Fsp3) is 0.294. The SMILES string of the molecule is CC(C)C(NCc1cc(F)cc(F)c1)c1ccc(Cl)cc1. The highest BCUT2D eigenvalue weighted by molar-refractivity contribution is 6.30. The molecule has 4 heteroatoms. The van der Waals surface area contributed by atoms with Crippen molar-refractivity contribution in [3.05, 3.63) is 70.2 Å². The second-order valence-electron chi connectivity index (χ2n) is 5.43. The van der Waals surface area contributed by atoms with Crippen molar-refractivity contribution in [1.29, 1.82) is 0 Å². The zero-order valence-electron chi connectivity index (χ0n) is 12.0. The number of halogens is 3. The lowest BCUT2D eigenvalue weighted by molar-refractivity contribution is 0.409. The molecule has 1 N–H and O–H groups in total. The Bertz CT molecular complexity index is 576. The first-order valence-electron chi connectivity index (χ1n) is 6.89. The van der Waals surface area contributed by atoms with Crippen molar-refractivity contribution in [2.45, 2.75) is 26.4 Å². The molecule has 0 saturated heterocycles. The average molecular weight is 310 g/mol. The van der Waals surface area contributed by atoms with E-state index in [-0.39, 0.29) is 6.04 Å². The maximum absolute atomic E-state index is 13.2. The minimum atomic E-state index is -0.556. The Morgan fingerprint density at radius 2 is 1.57 bits per heavy atom. The first-order chi connectivity index (χ1) is 9.95. The molecule has 1 atom stereocenters. The Morgan fingerprint density at radius 3 is 2.10 bits per heavy atom. The molecule has 0 amide bonds. The van der Waals surface area contributed by atoms with Gasteiger partial charge in [-0.2, -0.15) is 0 Å². The largest absolute Gasteiger partial charge is 0.306 e. The molecule has 0 aromatic heterocycles. The normalized spacial score (nSPS) is 12.7. The van der Waals surface area contributed by atoms with Crippen molar-refractivity contribution in [3.63, 3.8) is 0 Å². The van der Waals surface area contributed by atoms with E-state index in [9.17, 15) is 8.78 Å². The minimum absolute atomic E-state index is 0.0913. The Kier molecular flexibility index (Phi) is 5.32. The number of hydrogen-bond acceptors (Lipinski definition) is 1. The molecule has 2 rings (SSSR count). The van der Waals surface area contributed by atoms with Gasteiger partial charge in [0.25, 0.3) is 0 Å². The summed E-state index contributed by atoms with van der Waals surface area (Å²) in [5.74, 6) is -0.775. The molecule has 0 spiro atoms. The fourth-order valence-electron chi connectivity index (χ4n) is 2.35. The zero-order valence-corrected chi connectivity index (χ0v) is 12.8. The topological polar surface area (TPSA) is 12.0 Å². The quantitative estimate of drug-likeness (QED) is 0.809. The van der Waals surface area contributed by atoms with Crippen LogP contribution in [0.1, 0.15) is 31.0 Å². The first kappa shape index (κ1) is 15.9. The van der Waals surface area contributed by atoms with Crippen molar-refractivity contribution in [2.75, 3.05) is 0 Å². The van der Waals surface area contributed by atoms with Crippen molar-refractivity contribution in [3.8, 4) is 0 Å². The molecule has 0 heterocycles. The van der Waals surface area contributed by atoms with Crippen LogP contribution in [0.5, 0.6) is 0 Å². The summed E-state index contributed by atoms with van der Waals surface area (Å²) in [4.78, 5) is 0. The van der Waals surface area contributed by atoms with Gasteiger partial charge in [-0.25, -0.2) is 8.78 Å². The molecule has 0 saturated carbocycles. The van der Waals surface area contributed by atoms with Crippen molar-refractivity contribution in [2.24, 2.45) is 5.92 Å². The number of nitrogens with one attached hydrogen (secondary N) is 1. The van der Waals surface area contributed by atoms with E-state index in [1.807, 2.05) is 24.3 Å². The molecule has 1 unspecified atom stereocenters. The number of rotatable bonds is 5. The Hall–Kier alpha value is -1.45. The summed E-state index contributed by atoms with van der Waals surface area (Å²) in [7, 11) is 0. The predicted molar refractivity (Wildman–Crippen MR) is 82.2 cm³/mol. The highest BCUT2D eigenvalue weighted by atomic mass is 35.5. The summed E-state index contributed by atoms with van der Waals surface area (Å²) in [5.41, 5.74) is 1.69. The van der Waals surface area contributed by atoms with Crippen LogP contribution in [0.3, 0.4) is 0 Å². The Morgan fingerprint density at radius 1 is 1.00 bits per heavy atom. The summed E-state index contributed by atoms with van der Waals surface area (Å²) < 4.78 is 26.4. The van der Waals surface area contributed by atoms with E-state index in [0.29, 0.717) is 23.0 Å². The van der Waals surface area contributed by atoms with Crippen LogP contribution in [0.25, 0.3) is 0 Å². The highest BCUT2D eigenvalue weighted by Crippen LogP contribution is 2.24. The van der Waals surface area contributed by atoms with Crippen LogP contribution in [-0.2, 0) is 6.54 Å². The van der Waals surface area contributed by atoms with E-state index in [1.165, 1.54) is 12.1 Å². The van der Waals surface area contributed by atoms with Crippen LogP contribution in [0, 0.1) is 17.6 Å². The van der Waals surface area contributed by atoms with Gasteiger partial charge >= 0.3 is 0 Å². The van der Waals surface area contributed by atoms with Crippen LogP contribution < -0.4 is 5.32 Å². The first-order valence-corrected chi connectivity index (χ1v) is 7.27. The summed E-state index contributed by atoms with van der Waals surface area (Å²) in [6.07, 6.45) is 0. The van der Waals surface area contributed by atoms with Crippen molar-refractivity contribution < 1.29 is 8.78 Å². The maximum Gasteiger partial charge on any atom is 0.126 e. The predicted octanol–water partition coefficient (Wildman–Crippen LogP) is 5.11. The van der Waals surface area contributed by atoms with Gasteiger partial charge < -0.3 is 5.32 Å².